The van der Waals surface area contributed by atoms with Gasteiger partial charge in [-0.1, -0.05) is 80.1 Å². The van der Waals surface area contributed by atoms with Crippen molar-refractivity contribution in [1.82, 2.24) is 0 Å². The van der Waals surface area contributed by atoms with Gasteiger partial charge in [-0.25, -0.2) is 0 Å². The van der Waals surface area contributed by atoms with Crippen molar-refractivity contribution in [2.45, 2.75) is 126 Å². The zero-order valence-electron chi connectivity index (χ0n) is 23.0. The fourth-order valence-corrected chi connectivity index (χ4v) is 9.93. The van der Waals surface area contributed by atoms with Crippen molar-refractivity contribution in [3.05, 3.63) is 13.9 Å². The molecule has 0 fully saturated rings. The van der Waals surface area contributed by atoms with Crippen LogP contribution in [-0.2, 0) is 21.1 Å². The first-order chi connectivity index (χ1) is 14.1. The van der Waals surface area contributed by atoms with Crippen molar-refractivity contribution in [3.8, 4) is 5.92 Å². The van der Waals surface area contributed by atoms with Crippen LogP contribution in [0.3, 0.4) is 0 Å². The second-order valence-corrected chi connectivity index (χ2v) is 14.4. The quantitative estimate of drug-likeness (QED) is 0.0783. The maximum absolute atomic E-state index is 5.96. The third kappa shape index (κ3) is 41.8. The monoisotopic (exact) mass is 655 g/mol. The van der Waals surface area contributed by atoms with Gasteiger partial charge in [-0.3, -0.25) is 0 Å². The van der Waals surface area contributed by atoms with Crippen molar-refractivity contribution in [2.24, 2.45) is 0 Å². The molecule has 0 saturated carbocycles. The van der Waals surface area contributed by atoms with E-state index < -0.39 is 0 Å². The normalized spacial score (nSPS) is 9.55. The SMILES string of the molecule is CCCC[PH+](CCCC)CCCC.CCCC[PH+](CCCC)CCCC.[C-]#CC.[CH3-].[Pt+2]. The molecule has 0 unspecified atom stereocenters. The summed E-state index contributed by atoms with van der Waals surface area (Å²) in [4.78, 5) is 0. The van der Waals surface area contributed by atoms with Crippen LogP contribution in [0.15, 0.2) is 0 Å². The Balaban J connectivity index is -0.000000122. The smallest absolute Gasteiger partial charge is 0.694 e. The number of hydrogen-bond donors (Lipinski definition) is 0. The fraction of sp³-hybridized carbons (Fsp3) is 0.893. The van der Waals surface area contributed by atoms with Gasteiger partial charge in [-0.05, 0) is 45.4 Å². The van der Waals surface area contributed by atoms with Crippen LogP contribution in [0, 0.1) is 19.8 Å². The first-order valence-electron chi connectivity index (χ1n) is 13.1. The van der Waals surface area contributed by atoms with Gasteiger partial charge in [0, 0.05) is 15.8 Å². The minimum absolute atomic E-state index is 0. The number of rotatable bonds is 18. The van der Waals surface area contributed by atoms with E-state index in [1.807, 2.05) is 5.92 Å². The number of unbranched alkanes of at least 4 members (excludes halogenated alkanes) is 6. The average molecular weight is 656 g/mol. The van der Waals surface area contributed by atoms with Crippen molar-refractivity contribution in [2.75, 3.05) is 37.0 Å². The molecule has 192 valence electrons. The van der Waals surface area contributed by atoms with Crippen LogP contribution in [-0.4, -0.2) is 37.0 Å². The minimum atomic E-state index is 0. The van der Waals surface area contributed by atoms with E-state index in [-0.39, 0.29) is 44.3 Å². The molecule has 0 amide bonds. The predicted octanol–water partition coefficient (Wildman–Crippen LogP) is 10.2. The summed E-state index contributed by atoms with van der Waals surface area (Å²) in [6, 6.07) is 0. The van der Waals surface area contributed by atoms with Crippen molar-refractivity contribution < 1.29 is 21.1 Å². The van der Waals surface area contributed by atoms with Gasteiger partial charge >= 0.3 is 21.1 Å². The van der Waals surface area contributed by atoms with E-state index >= 15 is 0 Å². The second-order valence-electron chi connectivity index (χ2n) is 8.37. The molecule has 0 spiro atoms. The molecule has 0 aliphatic heterocycles. The summed E-state index contributed by atoms with van der Waals surface area (Å²) >= 11 is 0. The van der Waals surface area contributed by atoms with Crippen LogP contribution in [0.2, 0.25) is 0 Å². The molecule has 0 aromatic heterocycles. The summed E-state index contributed by atoms with van der Waals surface area (Å²) < 4.78 is 0. The molecular weight excluding hydrogens is 593 g/mol. The Labute approximate surface area is 218 Å². The maximum atomic E-state index is 5.96. The molecule has 31 heavy (non-hydrogen) atoms. The molecule has 0 radical (unpaired) electrons. The maximum Gasteiger partial charge on any atom is 2.00 e. The molecule has 0 N–H and O–H groups in total. The minimum Gasteiger partial charge on any atom is -0.694 e. The molecule has 0 saturated heterocycles. The van der Waals surface area contributed by atoms with Crippen molar-refractivity contribution >= 4 is 15.8 Å². The summed E-state index contributed by atoms with van der Waals surface area (Å²) in [5, 5.41) is 0. The third-order valence-electron chi connectivity index (χ3n) is 5.30. The van der Waals surface area contributed by atoms with E-state index in [0.717, 1.165) is 0 Å². The molecule has 3 heteroatoms. The molecule has 0 aliphatic rings. The zero-order chi connectivity index (χ0) is 22.6. The van der Waals surface area contributed by atoms with Gasteiger partial charge in [0.25, 0.3) is 0 Å². The molecule has 0 nitrogen and oxygen atoms in total. The second kappa shape index (κ2) is 41.4. The van der Waals surface area contributed by atoms with Crippen LogP contribution in [0.1, 0.15) is 126 Å². The molecule has 0 aliphatic carbocycles. The molecule has 0 heterocycles. The first kappa shape index (κ1) is 42.3. The van der Waals surface area contributed by atoms with E-state index in [4.69, 9.17) is 6.42 Å². The third-order valence-corrected chi connectivity index (χ3v) is 11.7. The summed E-state index contributed by atoms with van der Waals surface area (Å²) in [7, 11) is 0.135. The summed E-state index contributed by atoms with van der Waals surface area (Å²) in [5.74, 6) is 2.00. The summed E-state index contributed by atoms with van der Waals surface area (Å²) in [6.07, 6.45) is 32.8. The zero-order valence-corrected chi connectivity index (χ0v) is 27.3. The van der Waals surface area contributed by atoms with Gasteiger partial charge in [0.2, 0.25) is 0 Å². The van der Waals surface area contributed by atoms with Crippen molar-refractivity contribution in [1.29, 1.82) is 0 Å². The van der Waals surface area contributed by atoms with Crippen LogP contribution in [0.25, 0.3) is 0 Å². The Morgan fingerprint density at radius 1 is 0.484 bits per heavy atom. The van der Waals surface area contributed by atoms with E-state index in [1.54, 1.807) is 43.9 Å². The van der Waals surface area contributed by atoms with Crippen LogP contribution >= 0.6 is 15.8 Å². The van der Waals surface area contributed by atoms with Crippen LogP contribution in [0.5, 0.6) is 0 Å². The van der Waals surface area contributed by atoms with Crippen LogP contribution < -0.4 is 0 Å². The topological polar surface area (TPSA) is 0 Å². The Morgan fingerprint density at radius 3 is 0.710 bits per heavy atom. The largest absolute Gasteiger partial charge is 2.00 e. The number of hydrogen-bond acceptors (Lipinski definition) is 0. The van der Waals surface area contributed by atoms with E-state index in [2.05, 4.69) is 41.5 Å². The summed E-state index contributed by atoms with van der Waals surface area (Å²) in [6.45, 7) is 15.5. The van der Waals surface area contributed by atoms with E-state index in [9.17, 15) is 0 Å². The standard InChI is InChI=1S/2C12H27P.C3H3.CH3.Pt/c2*1-4-7-10-13(11-8-5-2)12-9-6-3;1-3-2;;/h2*4-12H2,1-3H3;1H3;1H3;/q;;2*-1;+2/p+2. The Bertz CT molecular complexity index is 240. The Morgan fingerprint density at radius 2 is 0.613 bits per heavy atom. The Hall–Kier alpha value is 1.11. The Kier molecular flexibility index (Phi) is 56.4. The molecule has 0 bridgehead atoms. The molecule has 0 aromatic rings. The van der Waals surface area contributed by atoms with Gasteiger partial charge in [-0.2, -0.15) is 0 Å². The molecule has 0 rings (SSSR count). The molecule has 0 aromatic carbocycles. The van der Waals surface area contributed by atoms with Crippen molar-refractivity contribution in [3.63, 3.8) is 0 Å². The molecule has 0 atom stereocenters. The predicted molar refractivity (Wildman–Crippen MR) is 154 cm³/mol. The van der Waals surface area contributed by atoms with Crippen LogP contribution in [0.4, 0.5) is 0 Å². The molecular formula is C28H62P2Pt+2. The van der Waals surface area contributed by atoms with E-state index in [0.29, 0.717) is 0 Å². The van der Waals surface area contributed by atoms with Gasteiger partial charge in [0.1, 0.15) is 0 Å². The average Bonchev–Trinajstić information content (AvgIpc) is 2.73. The fourth-order valence-electron chi connectivity index (χ4n) is 3.31. The van der Waals surface area contributed by atoms with Gasteiger partial charge < -0.3 is 19.8 Å². The van der Waals surface area contributed by atoms with E-state index in [1.165, 1.54) is 77.0 Å². The first-order valence-corrected chi connectivity index (χ1v) is 17.4. The van der Waals surface area contributed by atoms with Gasteiger partial charge in [0.05, 0.1) is 37.0 Å². The van der Waals surface area contributed by atoms with Gasteiger partial charge in [0.15, 0.2) is 0 Å². The summed E-state index contributed by atoms with van der Waals surface area (Å²) in [5.41, 5.74) is 0. The van der Waals surface area contributed by atoms with Gasteiger partial charge in [-0.15, -0.1) is 0 Å².